The minimum Gasteiger partial charge on any atom is -0.275 e. The molecule has 0 saturated heterocycles. The Morgan fingerprint density at radius 3 is 2.04 bits per heavy atom. The molecule has 0 bridgehead atoms. The van der Waals surface area contributed by atoms with Crippen LogP contribution in [0.2, 0.25) is 0 Å². The lowest BCUT2D eigenvalue weighted by molar-refractivity contribution is -0.136. The van der Waals surface area contributed by atoms with Crippen molar-refractivity contribution in [1.82, 2.24) is 20.2 Å². The van der Waals surface area contributed by atoms with Gasteiger partial charge < -0.3 is 0 Å². The van der Waals surface area contributed by atoms with E-state index in [1.54, 1.807) is 42.7 Å². The van der Waals surface area contributed by atoms with Gasteiger partial charge in [-0.1, -0.05) is 36.4 Å². The SMILES string of the molecule is FC(F)(F)c1ccnc2n[nH]c(-c3ccccc3)c12.c1ccncc1. The van der Waals surface area contributed by atoms with Gasteiger partial charge in [0.1, 0.15) is 0 Å². The van der Waals surface area contributed by atoms with Crippen LogP contribution in [0.5, 0.6) is 0 Å². The molecule has 0 saturated carbocycles. The standard InChI is InChI=1S/C13H8F3N3.C5H5N/c14-13(15,16)9-6-7-17-12-10(9)11(18-19-12)8-4-2-1-3-5-8;1-2-4-6-5-3-1/h1-7H,(H,17,18,19);1-5H. The Labute approximate surface area is 141 Å². The van der Waals surface area contributed by atoms with Gasteiger partial charge in [0.25, 0.3) is 0 Å². The molecule has 0 unspecified atom stereocenters. The first-order valence-corrected chi connectivity index (χ1v) is 7.38. The second kappa shape index (κ2) is 7.12. The molecular weight excluding hydrogens is 329 g/mol. The van der Waals surface area contributed by atoms with Crippen LogP contribution in [0.25, 0.3) is 22.3 Å². The van der Waals surface area contributed by atoms with Crippen LogP contribution in [0, 0.1) is 0 Å². The van der Waals surface area contributed by atoms with Crippen molar-refractivity contribution in [2.45, 2.75) is 6.18 Å². The van der Waals surface area contributed by atoms with Crippen LogP contribution in [0.4, 0.5) is 13.2 Å². The van der Waals surface area contributed by atoms with Crippen molar-refractivity contribution in [2.24, 2.45) is 0 Å². The maximum Gasteiger partial charge on any atom is 0.417 e. The van der Waals surface area contributed by atoms with Gasteiger partial charge in [0, 0.05) is 24.2 Å². The number of fused-ring (bicyclic) bond motifs is 1. The smallest absolute Gasteiger partial charge is 0.275 e. The number of halogens is 3. The Morgan fingerprint density at radius 1 is 0.800 bits per heavy atom. The highest BCUT2D eigenvalue weighted by Gasteiger charge is 2.34. The fraction of sp³-hybridized carbons (Fsp3) is 0.0556. The predicted molar refractivity (Wildman–Crippen MR) is 88.6 cm³/mol. The molecule has 3 aromatic heterocycles. The molecule has 4 rings (SSSR count). The van der Waals surface area contributed by atoms with Crippen LogP contribution in [0.15, 0.2) is 73.2 Å². The number of nitrogens with one attached hydrogen (secondary N) is 1. The summed E-state index contributed by atoms with van der Waals surface area (Å²) in [6.45, 7) is 0. The molecule has 1 N–H and O–H groups in total. The maximum atomic E-state index is 13.0. The normalized spacial score (nSPS) is 11.0. The van der Waals surface area contributed by atoms with Gasteiger partial charge >= 0.3 is 6.18 Å². The van der Waals surface area contributed by atoms with Gasteiger partial charge in [-0.05, 0) is 18.2 Å². The summed E-state index contributed by atoms with van der Waals surface area (Å²) in [5, 5.41) is 6.46. The number of aromatic nitrogens is 4. The topological polar surface area (TPSA) is 54.5 Å². The number of hydrogen-bond donors (Lipinski definition) is 1. The monoisotopic (exact) mass is 342 g/mol. The second-order valence-electron chi connectivity index (χ2n) is 5.04. The molecule has 4 aromatic rings. The van der Waals surface area contributed by atoms with E-state index in [0.717, 1.165) is 12.3 Å². The van der Waals surface area contributed by atoms with Crippen molar-refractivity contribution < 1.29 is 13.2 Å². The Morgan fingerprint density at radius 2 is 1.48 bits per heavy atom. The van der Waals surface area contributed by atoms with Gasteiger partial charge in [-0.3, -0.25) is 10.1 Å². The van der Waals surface area contributed by atoms with Crippen molar-refractivity contribution in [3.8, 4) is 11.3 Å². The average Bonchev–Trinajstić information content (AvgIpc) is 3.08. The largest absolute Gasteiger partial charge is 0.417 e. The van der Waals surface area contributed by atoms with E-state index in [4.69, 9.17) is 0 Å². The molecule has 0 aliphatic heterocycles. The van der Waals surface area contributed by atoms with Crippen molar-refractivity contribution >= 4 is 11.0 Å². The molecule has 0 amide bonds. The summed E-state index contributed by atoms with van der Waals surface area (Å²) in [5.74, 6) is 0. The van der Waals surface area contributed by atoms with Gasteiger partial charge in [-0.15, -0.1) is 0 Å². The first-order chi connectivity index (χ1) is 12.1. The second-order valence-corrected chi connectivity index (χ2v) is 5.04. The van der Waals surface area contributed by atoms with E-state index in [1.165, 1.54) is 0 Å². The molecule has 7 heteroatoms. The highest BCUT2D eigenvalue weighted by molar-refractivity contribution is 5.93. The van der Waals surface area contributed by atoms with E-state index < -0.39 is 11.7 Å². The van der Waals surface area contributed by atoms with E-state index in [1.807, 2.05) is 18.2 Å². The zero-order valence-corrected chi connectivity index (χ0v) is 12.9. The first-order valence-electron chi connectivity index (χ1n) is 7.38. The number of aromatic amines is 1. The van der Waals surface area contributed by atoms with E-state index in [2.05, 4.69) is 20.2 Å². The van der Waals surface area contributed by atoms with Crippen LogP contribution in [0.1, 0.15) is 5.56 Å². The zero-order valence-electron chi connectivity index (χ0n) is 12.9. The number of pyridine rings is 2. The van der Waals surface area contributed by atoms with Crippen molar-refractivity contribution in [3.63, 3.8) is 0 Å². The first kappa shape index (κ1) is 16.6. The minimum atomic E-state index is -4.44. The van der Waals surface area contributed by atoms with Crippen LogP contribution in [-0.4, -0.2) is 20.2 Å². The summed E-state index contributed by atoms with van der Waals surface area (Å²) < 4.78 is 39.1. The molecule has 126 valence electrons. The Balaban J connectivity index is 0.000000258. The molecule has 0 atom stereocenters. The highest BCUT2D eigenvalue weighted by Crippen LogP contribution is 2.37. The lowest BCUT2D eigenvalue weighted by atomic mass is 10.1. The third-order valence-electron chi connectivity index (χ3n) is 3.39. The molecule has 0 aliphatic carbocycles. The van der Waals surface area contributed by atoms with Gasteiger partial charge in [-0.2, -0.15) is 18.3 Å². The van der Waals surface area contributed by atoms with Crippen LogP contribution >= 0.6 is 0 Å². The maximum absolute atomic E-state index is 13.0. The number of H-pyrrole nitrogens is 1. The lowest BCUT2D eigenvalue weighted by Gasteiger charge is -2.08. The van der Waals surface area contributed by atoms with Crippen molar-refractivity contribution in [2.75, 3.05) is 0 Å². The van der Waals surface area contributed by atoms with Gasteiger partial charge in [0.05, 0.1) is 16.6 Å². The molecular formula is C18H13F3N4. The number of benzene rings is 1. The Hall–Kier alpha value is -3.22. The van der Waals surface area contributed by atoms with E-state index in [9.17, 15) is 13.2 Å². The molecule has 0 radical (unpaired) electrons. The quantitative estimate of drug-likeness (QED) is 0.544. The number of hydrogen-bond acceptors (Lipinski definition) is 3. The summed E-state index contributed by atoms with van der Waals surface area (Å²) >= 11 is 0. The third-order valence-corrected chi connectivity index (χ3v) is 3.39. The molecule has 25 heavy (non-hydrogen) atoms. The Kier molecular flexibility index (Phi) is 4.74. The zero-order chi connectivity index (χ0) is 17.7. The molecule has 4 nitrogen and oxygen atoms in total. The van der Waals surface area contributed by atoms with Crippen molar-refractivity contribution in [1.29, 1.82) is 0 Å². The average molecular weight is 342 g/mol. The summed E-state index contributed by atoms with van der Waals surface area (Å²) in [5.41, 5.74) is 0.304. The Bertz CT molecular complexity index is 908. The van der Waals surface area contributed by atoms with Crippen LogP contribution in [-0.2, 0) is 6.18 Å². The van der Waals surface area contributed by atoms with Gasteiger partial charge in [-0.25, -0.2) is 4.98 Å². The molecule has 1 aromatic carbocycles. The van der Waals surface area contributed by atoms with Crippen molar-refractivity contribution in [3.05, 3.63) is 78.8 Å². The minimum absolute atomic E-state index is 0.00111. The van der Waals surface area contributed by atoms with Crippen LogP contribution < -0.4 is 0 Å². The molecule has 0 fully saturated rings. The fourth-order valence-electron chi connectivity index (χ4n) is 2.31. The fourth-order valence-corrected chi connectivity index (χ4v) is 2.31. The molecule has 0 spiro atoms. The van der Waals surface area contributed by atoms with Gasteiger partial charge in [0.15, 0.2) is 5.65 Å². The number of alkyl halides is 3. The summed E-state index contributed by atoms with van der Waals surface area (Å²) in [6.07, 6.45) is 0.176. The summed E-state index contributed by atoms with van der Waals surface area (Å²) in [4.78, 5) is 7.64. The summed E-state index contributed by atoms with van der Waals surface area (Å²) in [6, 6.07) is 15.4. The highest BCUT2D eigenvalue weighted by atomic mass is 19.4. The van der Waals surface area contributed by atoms with E-state index >= 15 is 0 Å². The van der Waals surface area contributed by atoms with Crippen LogP contribution in [0.3, 0.4) is 0 Å². The predicted octanol–water partition coefficient (Wildman–Crippen LogP) is 4.73. The van der Waals surface area contributed by atoms with Gasteiger partial charge in [0.2, 0.25) is 0 Å². The summed E-state index contributed by atoms with van der Waals surface area (Å²) in [7, 11) is 0. The molecule has 0 aliphatic rings. The third kappa shape index (κ3) is 3.82. The number of rotatable bonds is 1. The van der Waals surface area contributed by atoms with E-state index in [0.29, 0.717) is 11.3 Å². The number of nitrogens with zero attached hydrogens (tertiary/aromatic N) is 3. The molecule has 3 heterocycles. The van der Waals surface area contributed by atoms with E-state index in [-0.39, 0.29) is 11.0 Å². The lowest BCUT2D eigenvalue weighted by Crippen LogP contribution is -2.06.